The molecule has 1 aromatic heterocycles. The number of hydrogen-bond acceptors (Lipinski definition) is 5. The molecule has 32 heavy (non-hydrogen) atoms. The summed E-state index contributed by atoms with van der Waals surface area (Å²) in [5, 5.41) is 6.86. The first-order valence-corrected chi connectivity index (χ1v) is 10.8. The lowest BCUT2D eigenvalue weighted by atomic mass is 10.1. The molecule has 1 aliphatic rings. The van der Waals surface area contributed by atoms with Crippen LogP contribution in [0.1, 0.15) is 56.1 Å². The van der Waals surface area contributed by atoms with Crippen molar-refractivity contribution in [3.8, 4) is 5.75 Å². The predicted octanol–water partition coefficient (Wildman–Crippen LogP) is 4.04. The van der Waals surface area contributed by atoms with Crippen molar-refractivity contribution in [1.29, 1.82) is 0 Å². The van der Waals surface area contributed by atoms with Crippen molar-refractivity contribution in [2.75, 3.05) is 13.1 Å². The third-order valence-electron chi connectivity index (χ3n) is 5.73. The van der Waals surface area contributed by atoms with Gasteiger partial charge >= 0.3 is 0 Å². The summed E-state index contributed by atoms with van der Waals surface area (Å²) in [7, 11) is 0. The first kappa shape index (κ1) is 21.6. The molecule has 7 nitrogen and oxygen atoms in total. The van der Waals surface area contributed by atoms with Gasteiger partial charge in [-0.05, 0) is 56.5 Å². The van der Waals surface area contributed by atoms with Crippen molar-refractivity contribution in [2.24, 2.45) is 0 Å². The number of benzene rings is 2. The van der Waals surface area contributed by atoms with Gasteiger partial charge in [0.1, 0.15) is 18.1 Å². The van der Waals surface area contributed by atoms with E-state index >= 15 is 0 Å². The van der Waals surface area contributed by atoms with Crippen LogP contribution in [-0.4, -0.2) is 35.0 Å². The van der Waals surface area contributed by atoms with E-state index < -0.39 is 0 Å². The van der Waals surface area contributed by atoms with E-state index in [0.717, 1.165) is 42.8 Å². The predicted molar refractivity (Wildman–Crippen MR) is 120 cm³/mol. The van der Waals surface area contributed by atoms with Crippen LogP contribution in [0.5, 0.6) is 5.75 Å². The number of nitrogens with one attached hydrogen (secondary N) is 1. The lowest BCUT2D eigenvalue weighted by molar-refractivity contribution is 0.0792. The number of rotatable bonds is 7. The van der Waals surface area contributed by atoms with Crippen molar-refractivity contribution in [1.82, 2.24) is 15.4 Å². The molecule has 0 atom stereocenters. The van der Waals surface area contributed by atoms with Crippen LogP contribution < -0.4 is 10.1 Å². The highest BCUT2D eigenvalue weighted by atomic mass is 16.5. The summed E-state index contributed by atoms with van der Waals surface area (Å²) in [4.78, 5) is 27.2. The summed E-state index contributed by atoms with van der Waals surface area (Å²) in [6.07, 6.45) is 2.14. The molecule has 4 rings (SSSR count). The average molecular weight is 434 g/mol. The molecular formula is C25H27N3O4. The number of carbonyl (C=O) groups is 2. The van der Waals surface area contributed by atoms with Gasteiger partial charge in [0.15, 0.2) is 0 Å². The second-order valence-electron chi connectivity index (χ2n) is 7.97. The van der Waals surface area contributed by atoms with Crippen LogP contribution in [0.15, 0.2) is 53.1 Å². The fraction of sp³-hybridized carbons (Fsp3) is 0.320. The van der Waals surface area contributed by atoms with Gasteiger partial charge in [-0.1, -0.05) is 29.4 Å². The lowest BCUT2D eigenvalue weighted by Crippen LogP contribution is -2.27. The van der Waals surface area contributed by atoms with E-state index in [1.807, 2.05) is 49.1 Å². The fourth-order valence-electron chi connectivity index (χ4n) is 3.78. The number of amides is 2. The van der Waals surface area contributed by atoms with E-state index in [2.05, 4.69) is 10.5 Å². The molecule has 0 radical (unpaired) electrons. The first-order valence-electron chi connectivity index (χ1n) is 10.8. The molecule has 0 unspecified atom stereocenters. The summed E-state index contributed by atoms with van der Waals surface area (Å²) < 4.78 is 11.1. The Morgan fingerprint density at radius 2 is 1.78 bits per heavy atom. The third-order valence-corrected chi connectivity index (χ3v) is 5.73. The molecule has 1 aliphatic heterocycles. The highest BCUT2D eigenvalue weighted by Crippen LogP contribution is 2.22. The van der Waals surface area contributed by atoms with Crippen LogP contribution in [0.2, 0.25) is 0 Å². The normalized spacial score (nSPS) is 13.2. The number of ether oxygens (including phenoxy) is 1. The Kier molecular flexibility index (Phi) is 6.54. The van der Waals surface area contributed by atoms with Gasteiger partial charge in [-0.25, -0.2) is 0 Å². The second kappa shape index (κ2) is 9.68. The summed E-state index contributed by atoms with van der Waals surface area (Å²) in [5.41, 5.74) is 3.71. The third kappa shape index (κ3) is 4.82. The summed E-state index contributed by atoms with van der Waals surface area (Å²) in [6.45, 7) is 5.98. The number of carbonyl (C=O) groups excluding carboxylic acids is 2. The maximum Gasteiger partial charge on any atom is 0.255 e. The Bertz CT molecular complexity index is 1080. The van der Waals surface area contributed by atoms with Crippen molar-refractivity contribution in [3.63, 3.8) is 0 Å². The first-order chi connectivity index (χ1) is 15.5. The van der Waals surface area contributed by atoms with Crippen LogP contribution in [0, 0.1) is 13.8 Å². The summed E-state index contributed by atoms with van der Waals surface area (Å²) in [6, 6.07) is 14.5. The second-order valence-corrected chi connectivity index (χ2v) is 7.97. The molecule has 166 valence electrons. The topological polar surface area (TPSA) is 84.7 Å². The van der Waals surface area contributed by atoms with Crippen LogP contribution in [-0.2, 0) is 13.2 Å². The number of aryl methyl sites for hydroxylation is 2. The van der Waals surface area contributed by atoms with E-state index in [0.29, 0.717) is 29.2 Å². The van der Waals surface area contributed by atoms with E-state index in [4.69, 9.17) is 9.26 Å². The van der Waals surface area contributed by atoms with E-state index in [1.54, 1.807) is 18.2 Å². The molecule has 7 heteroatoms. The number of likely N-dealkylation sites (tertiary alicyclic amines) is 1. The van der Waals surface area contributed by atoms with Crippen molar-refractivity contribution < 1.29 is 18.8 Å². The smallest absolute Gasteiger partial charge is 0.255 e. The van der Waals surface area contributed by atoms with Gasteiger partial charge in [-0.3, -0.25) is 9.59 Å². The van der Waals surface area contributed by atoms with E-state index in [1.165, 1.54) is 0 Å². The SMILES string of the molecule is Cc1noc(C)c1COc1ccccc1C(=O)NCc1ccc(C(=O)N2CCCC2)cc1. The molecule has 2 heterocycles. The van der Waals surface area contributed by atoms with Gasteiger partial charge in [0, 0.05) is 25.2 Å². The molecule has 0 aliphatic carbocycles. The van der Waals surface area contributed by atoms with Crippen LogP contribution in [0.4, 0.5) is 0 Å². The molecule has 0 spiro atoms. The Morgan fingerprint density at radius 3 is 2.47 bits per heavy atom. The number of hydrogen-bond donors (Lipinski definition) is 1. The van der Waals surface area contributed by atoms with Gasteiger partial charge in [0.05, 0.1) is 16.8 Å². The molecule has 1 fully saturated rings. The average Bonchev–Trinajstić information content (AvgIpc) is 3.46. The van der Waals surface area contributed by atoms with Crippen molar-refractivity contribution >= 4 is 11.8 Å². The minimum absolute atomic E-state index is 0.0717. The zero-order chi connectivity index (χ0) is 22.5. The highest BCUT2D eigenvalue weighted by molar-refractivity contribution is 5.97. The Hall–Kier alpha value is -3.61. The Balaban J connectivity index is 1.36. The van der Waals surface area contributed by atoms with Gasteiger partial charge in [0.25, 0.3) is 11.8 Å². The molecule has 2 aromatic carbocycles. The molecule has 0 saturated carbocycles. The van der Waals surface area contributed by atoms with Crippen molar-refractivity contribution in [2.45, 2.75) is 39.8 Å². The van der Waals surface area contributed by atoms with Gasteiger partial charge < -0.3 is 19.5 Å². The minimum Gasteiger partial charge on any atom is -0.488 e. The highest BCUT2D eigenvalue weighted by Gasteiger charge is 2.19. The zero-order valence-corrected chi connectivity index (χ0v) is 18.4. The monoisotopic (exact) mass is 433 g/mol. The van der Waals surface area contributed by atoms with Gasteiger partial charge in [-0.15, -0.1) is 0 Å². The molecule has 0 bridgehead atoms. The van der Waals surface area contributed by atoms with E-state index in [9.17, 15) is 9.59 Å². The van der Waals surface area contributed by atoms with Gasteiger partial charge in [0.2, 0.25) is 0 Å². The minimum atomic E-state index is -0.225. The van der Waals surface area contributed by atoms with Crippen LogP contribution in [0.3, 0.4) is 0 Å². The molecule has 1 N–H and O–H groups in total. The molecular weight excluding hydrogens is 406 g/mol. The number of para-hydroxylation sites is 1. The summed E-state index contributed by atoms with van der Waals surface area (Å²) >= 11 is 0. The van der Waals surface area contributed by atoms with Gasteiger partial charge in [-0.2, -0.15) is 0 Å². The standard InChI is InChI=1S/C25H27N3O4/c1-17-22(18(2)32-27-17)16-31-23-8-4-3-7-21(23)24(29)26-15-19-9-11-20(12-10-19)25(30)28-13-5-6-14-28/h3-4,7-12H,5-6,13-16H2,1-2H3,(H,26,29). The molecule has 2 amide bonds. The summed E-state index contributed by atoms with van der Waals surface area (Å²) in [5.74, 6) is 1.05. The number of aromatic nitrogens is 1. The van der Waals surface area contributed by atoms with Crippen LogP contribution >= 0.6 is 0 Å². The maximum absolute atomic E-state index is 12.8. The van der Waals surface area contributed by atoms with Crippen LogP contribution in [0.25, 0.3) is 0 Å². The lowest BCUT2D eigenvalue weighted by Gasteiger charge is -2.15. The zero-order valence-electron chi connectivity index (χ0n) is 18.4. The van der Waals surface area contributed by atoms with E-state index in [-0.39, 0.29) is 18.4 Å². The maximum atomic E-state index is 12.8. The largest absolute Gasteiger partial charge is 0.488 e. The Morgan fingerprint density at radius 1 is 1.06 bits per heavy atom. The molecule has 1 saturated heterocycles. The molecule has 3 aromatic rings. The van der Waals surface area contributed by atoms with Crippen molar-refractivity contribution in [3.05, 3.63) is 82.2 Å². The quantitative estimate of drug-likeness (QED) is 0.608. The number of nitrogens with zero attached hydrogens (tertiary/aromatic N) is 2. The Labute approximate surface area is 187 Å². The fourth-order valence-corrected chi connectivity index (χ4v) is 3.78.